The Morgan fingerprint density at radius 3 is 2.35 bits per heavy atom. The summed E-state index contributed by atoms with van der Waals surface area (Å²) >= 11 is 0. The average molecular weight is 323 g/mol. The van der Waals surface area contributed by atoms with Crippen LogP contribution >= 0.6 is 12.4 Å². The summed E-state index contributed by atoms with van der Waals surface area (Å²) in [7, 11) is -3.61. The van der Waals surface area contributed by atoms with Gasteiger partial charge >= 0.3 is 5.97 Å². The minimum atomic E-state index is -3.61. The second-order valence-electron chi connectivity index (χ2n) is 4.00. The predicted molar refractivity (Wildman–Crippen MR) is 78.5 cm³/mol. The number of nitrogens with one attached hydrogen (secondary N) is 1. The highest BCUT2D eigenvalue weighted by atomic mass is 35.5. The summed E-state index contributed by atoms with van der Waals surface area (Å²) in [4.78, 5) is 11.5. The van der Waals surface area contributed by atoms with Gasteiger partial charge < -0.3 is 10.5 Å². The number of hydrogen-bond acceptors (Lipinski definition) is 5. The van der Waals surface area contributed by atoms with E-state index in [1.54, 1.807) is 13.8 Å². The number of hydrogen-bond donors (Lipinski definition) is 2. The first-order valence-electron chi connectivity index (χ1n) is 5.90. The van der Waals surface area contributed by atoms with Crippen LogP contribution in [0.1, 0.15) is 24.2 Å². The van der Waals surface area contributed by atoms with E-state index in [4.69, 9.17) is 10.5 Å². The smallest absolute Gasteiger partial charge is 0.338 e. The van der Waals surface area contributed by atoms with E-state index in [0.717, 1.165) is 0 Å². The molecule has 0 bridgehead atoms. The summed E-state index contributed by atoms with van der Waals surface area (Å²) in [5.74, 6) is -0.477. The third-order valence-corrected chi connectivity index (χ3v) is 3.99. The van der Waals surface area contributed by atoms with Crippen LogP contribution in [0.2, 0.25) is 0 Å². The van der Waals surface area contributed by atoms with Crippen molar-refractivity contribution in [1.82, 2.24) is 4.72 Å². The number of esters is 1. The van der Waals surface area contributed by atoms with Crippen molar-refractivity contribution in [3.05, 3.63) is 29.8 Å². The number of rotatable bonds is 6. The number of nitrogens with two attached hydrogens (primary N) is 1. The maximum Gasteiger partial charge on any atom is 0.338 e. The van der Waals surface area contributed by atoms with Crippen LogP contribution < -0.4 is 10.5 Å². The molecule has 0 aromatic heterocycles. The van der Waals surface area contributed by atoms with Crippen molar-refractivity contribution >= 4 is 28.4 Å². The molecule has 0 saturated heterocycles. The average Bonchev–Trinajstić information content (AvgIpc) is 2.38. The Kier molecular flexibility index (Phi) is 7.74. The topological polar surface area (TPSA) is 98.5 Å². The number of carbonyl (C=O) groups is 1. The van der Waals surface area contributed by atoms with Crippen molar-refractivity contribution in [2.24, 2.45) is 5.73 Å². The van der Waals surface area contributed by atoms with Crippen LogP contribution in [0.25, 0.3) is 0 Å². The molecule has 0 spiro atoms. The Morgan fingerprint density at radius 2 is 1.90 bits per heavy atom. The van der Waals surface area contributed by atoms with Crippen molar-refractivity contribution in [3.63, 3.8) is 0 Å². The van der Waals surface area contributed by atoms with E-state index in [1.165, 1.54) is 24.3 Å². The van der Waals surface area contributed by atoms with Gasteiger partial charge in [-0.3, -0.25) is 0 Å². The van der Waals surface area contributed by atoms with E-state index >= 15 is 0 Å². The summed E-state index contributed by atoms with van der Waals surface area (Å²) in [6.45, 7) is 3.86. The maximum absolute atomic E-state index is 11.9. The maximum atomic E-state index is 11.9. The molecule has 0 amide bonds. The Balaban J connectivity index is 0.00000361. The highest BCUT2D eigenvalue weighted by Crippen LogP contribution is 2.11. The summed E-state index contributed by atoms with van der Waals surface area (Å²) < 4.78 is 31.1. The van der Waals surface area contributed by atoms with E-state index in [0.29, 0.717) is 5.56 Å². The van der Waals surface area contributed by atoms with Gasteiger partial charge in [-0.2, -0.15) is 0 Å². The van der Waals surface area contributed by atoms with E-state index < -0.39 is 16.0 Å². The predicted octanol–water partition coefficient (Wildman–Crippen LogP) is 0.911. The first-order valence-corrected chi connectivity index (χ1v) is 7.38. The molecular formula is C12H19ClN2O4S. The van der Waals surface area contributed by atoms with Gasteiger partial charge in [0.15, 0.2) is 0 Å². The first kappa shape index (κ1) is 18.9. The largest absolute Gasteiger partial charge is 0.462 e. The second-order valence-corrected chi connectivity index (χ2v) is 5.72. The molecule has 0 unspecified atom stereocenters. The third-order valence-electron chi connectivity index (χ3n) is 2.39. The van der Waals surface area contributed by atoms with E-state index in [-0.39, 0.29) is 36.5 Å². The van der Waals surface area contributed by atoms with Crippen LogP contribution in [0.15, 0.2) is 29.2 Å². The van der Waals surface area contributed by atoms with Crippen LogP contribution in [-0.2, 0) is 14.8 Å². The number of sulfonamides is 1. The number of benzene rings is 1. The third kappa shape index (κ3) is 5.09. The van der Waals surface area contributed by atoms with Gasteiger partial charge in [0.25, 0.3) is 0 Å². The Bertz CT molecular complexity index is 531. The van der Waals surface area contributed by atoms with Gasteiger partial charge in [-0.05, 0) is 38.1 Å². The van der Waals surface area contributed by atoms with E-state index in [1.807, 2.05) is 0 Å². The second kappa shape index (κ2) is 8.21. The minimum Gasteiger partial charge on any atom is -0.462 e. The van der Waals surface area contributed by atoms with Gasteiger partial charge in [-0.15, -0.1) is 12.4 Å². The van der Waals surface area contributed by atoms with E-state index in [9.17, 15) is 13.2 Å². The standard InChI is InChI=1S/C12H18N2O4S.ClH/c1-3-18-12(15)10-4-6-11(7-5-10)19(16,17)14-9(2)8-13;/h4-7,9,14H,3,8,13H2,1-2H3;1H/t9-;/m1./s1. The van der Waals surface area contributed by atoms with E-state index in [2.05, 4.69) is 4.72 Å². The SMILES string of the molecule is CCOC(=O)c1ccc(S(=O)(=O)N[C@H](C)CN)cc1.Cl. The molecule has 0 aliphatic heterocycles. The fourth-order valence-corrected chi connectivity index (χ4v) is 2.62. The van der Waals surface area contributed by atoms with Crippen molar-refractivity contribution in [2.75, 3.05) is 13.2 Å². The molecule has 1 aromatic rings. The first-order chi connectivity index (χ1) is 8.90. The van der Waals surface area contributed by atoms with Crippen molar-refractivity contribution in [2.45, 2.75) is 24.8 Å². The lowest BCUT2D eigenvalue weighted by atomic mass is 10.2. The molecule has 0 heterocycles. The molecule has 0 aliphatic rings. The normalized spacial score (nSPS) is 12.3. The molecule has 6 nitrogen and oxygen atoms in total. The van der Waals surface area contributed by atoms with Gasteiger partial charge in [-0.1, -0.05) is 0 Å². The van der Waals surface area contributed by atoms with Crippen LogP contribution in [-0.4, -0.2) is 33.6 Å². The lowest BCUT2D eigenvalue weighted by Gasteiger charge is -2.12. The Labute approximate surface area is 125 Å². The molecule has 1 atom stereocenters. The van der Waals surface area contributed by atoms with Crippen molar-refractivity contribution in [1.29, 1.82) is 0 Å². The van der Waals surface area contributed by atoms with Gasteiger partial charge in [-0.25, -0.2) is 17.9 Å². The molecule has 0 aliphatic carbocycles. The summed E-state index contributed by atoms with van der Waals surface area (Å²) in [6.07, 6.45) is 0. The lowest BCUT2D eigenvalue weighted by Crippen LogP contribution is -2.37. The van der Waals surface area contributed by atoms with Gasteiger partial charge in [0.2, 0.25) is 10.0 Å². The fraction of sp³-hybridized carbons (Fsp3) is 0.417. The Morgan fingerprint density at radius 1 is 1.35 bits per heavy atom. The number of halogens is 1. The summed E-state index contributed by atoms with van der Waals surface area (Å²) in [5, 5.41) is 0. The van der Waals surface area contributed by atoms with Crippen molar-refractivity contribution in [3.8, 4) is 0 Å². The molecule has 1 rings (SSSR count). The highest BCUT2D eigenvalue weighted by Gasteiger charge is 2.17. The molecule has 0 radical (unpaired) electrons. The van der Waals surface area contributed by atoms with Crippen LogP contribution in [0, 0.1) is 0 Å². The zero-order valence-electron chi connectivity index (χ0n) is 11.3. The van der Waals surface area contributed by atoms with Gasteiger partial charge in [0, 0.05) is 12.6 Å². The quantitative estimate of drug-likeness (QED) is 0.758. The lowest BCUT2D eigenvalue weighted by molar-refractivity contribution is 0.0526. The molecule has 114 valence electrons. The summed E-state index contributed by atoms with van der Waals surface area (Å²) in [5.41, 5.74) is 5.68. The monoisotopic (exact) mass is 322 g/mol. The van der Waals surface area contributed by atoms with Crippen LogP contribution in [0.5, 0.6) is 0 Å². The fourth-order valence-electron chi connectivity index (χ4n) is 1.37. The molecule has 1 aromatic carbocycles. The zero-order chi connectivity index (χ0) is 14.5. The molecule has 0 saturated carbocycles. The molecule has 20 heavy (non-hydrogen) atoms. The number of carbonyl (C=O) groups excluding carboxylic acids is 1. The molecule has 3 N–H and O–H groups in total. The summed E-state index contributed by atoms with van der Waals surface area (Å²) in [6, 6.07) is 5.20. The van der Waals surface area contributed by atoms with Gasteiger partial charge in [0.05, 0.1) is 17.1 Å². The highest BCUT2D eigenvalue weighted by molar-refractivity contribution is 7.89. The zero-order valence-corrected chi connectivity index (χ0v) is 13.0. The minimum absolute atomic E-state index is 0. The van der Waals surface area contributed by atoms with Crippen molar-refractivity contribution < 1.29 is 17.9 Å². The Hall–Kier alpha value is -1.15. The van der Waals surface area contributed by atoms with Gasteiger partial charge in [0.1, 0.15) is 0 Å². The number of ether oxygens (including phenoxy) is 1. The van der Waals surface area contributed by atoms with Crippen LogP contribution in [0.3, 0.4) is 0 Å². The molecule has 8 heteroatoms. The molecular weight excluding hydrogens is 304 g/mol. The van der Waals surface area contributed by atoms with Crippen LogP contribution in [0.4, 0.5) is 0 Å². The molecule has 0 fully saturated rings.